The molecule has 1 saturated carbocycles. The number of carbonyl (C=O) groups excluding carboxylic acids is 3. The van der Waals surface area contributed by atoms with Gasteiger partial charge in [0.15, 0.2) is 0 Å². The van der Waals surface area contributed by atoms with E-state index in [2.05, 4.69) is 31.3 Å². The number of likely N-dealkylation sites (tertiary alicyclic amines) is 1. The summed E-state index contributed by atoms with van der Waals surface area (Å²) in [6, 6.07) is 13.6. The van der Waals surface area contributed by atoms with Gasteiger partial charge in [0.1, 0.15) is 5.94 Å². The summed E-state index contributed by atoms with van der Waals surface area (Å²) < 4.78 is 0. The number of rotatable bonds is 4. The maximum atomic E-state index is 13.5. The molecule has 1 aliphatic carbocycles. The predicted octanol–water partition coefficient (Wildman–Crippen LogP) is 3.69. The van der Waals surface area contributed by atoms with E-state index in [0.717, 1.165) is 43.2 Å². The summed E-state index contributed by atoms with van der Waals surface area (Å²) in [6.07, 6.45) is 3.52. The third kappa shape index (κ3) is 5.12. The minimum Gasteiger partial charge on any atom is -0.390 e. The number of nitrogens with zero attached hydrogens (tertiary/aromatic N) is 2. The van der Waals surface area contributed by atoms with Crippen LogP contribution in [0.4, 0.5) is 0 Å². The molecule has 2 aromatic rings. The highest BCUT2D eigenvalue weighted by Crippen LogP contribution is 2.51. The molecule has 2 N–H and O–H groups in total. The normalized spacial score (nSPS) is 23.3. The molecular weight excluding hydrogens is 526 g/mol. The molecule has 6 rings (SSSR count). The number of aliphatic hydroxyl groups excluding tert-OH is 1. The number of nitrogens with one attached hydrogen (secondary N) is 1. The summed E-state index contributed by atoms with van der Waals surface area (Å²) in [4.78, 5) is 41.5. The van der Waals surface area contributed by atoms with E-state index in [0.29, 0.717) is 37.3 Å². The molecule has 8 heteroatoms. The third-order valence-electron chi connectivity index (χ3n) is 9.52. The Bertz CT molecular complexity index is 1360. The van der Waals surface area contributed by atoms with Gasteiger partial charge >= 0.3 is 0 Å². The highest BCUT2D eigenvalue weighted by atomic mass is 35.5. The standard InChI is InChI=1S/C32H37N3O4.ClH/c1-31(2)20-35(18-28(37)27-14-22-5-3-4-6-24(22)17-33-27)30(39)25-8-7-23(13-26(25)31)29(38)34-11-9-32(10-12-34)15-21(16-32)19-36;/h3-8,13,27-28,33,37H,9-12,14-18,20H2,1-2H3;1H/t27-,28+;/m0./s1. The van der Waals surface area contributed by atoms with Crippen molar-refractivity contribution in [1.29, 1.82) is 0 Å². The van der Waals surface area contributed by atoms with Crippen LogP contribution in [0.2, 0.25) is 0 Å². The lowest BCUT2D eigenvalue weighted by molar-refractivity contribution is 0.0441. The predicted molar refractivity (Wildman–Crippen MR) is 155 cm³/mol. The van der Waals surface area contributed by atoms with Crippen molar-refractivity contribution in [3.05, 3.63) is 75.9 Å². The number of benzene rings is 2. The number of allylic oxidation sites excluding steroid dienone is 1. The molecule has 3 aliphatic heterocycles. The fourth-order valence-corrected chi connectivity index (χ4v) is 7.13. The smallest absolute Gasteiger partial charge is 0.254 e. The van der Waals surface area contributed by atoms with E-state index in [9.17, 15) is 19.5 Å². The fraction of sp³-hybridized carbons (Fsp3) is 0.500. The first-order valence-corrected chi connectivity index (χ1v) is 14.1. The van der Waals surface area contributed by atoms with Crippen molar-refractivity contribution in [3.63, 3.8) is 0 Å². The first-order valence-electron chi connectivity index (χ1n) is 14.1. The van der Waals surface area contributed by atoms with Crippen LogP contribution in [0.1, 0.15) is 76.9 Å². The van der Waals surface area contributed by atoms with E-state index in [1.165, 1.54) is 11.1 Å². The third-order valence-corrected chi connectivity index (χ3v) is 9.52. The summed E-state index contributed by atoms with van der Waals surface area (Å²) in [5.41, 5.74) is 5.31. The Kier molecular flexibility index (Phi) is 7.71. The summed E-state index contributed by atoms with van der Waals surface area (Å²) in [5, 5.41) is 14.5. The van der Waals surface area contributed by atoms with Gasteiger partial charge in [-0.05, 0) is 72.4 Å². The number of carbonyl (C=O) groups is 2. The van der Waals surface area contributed by atoms with Crippen LogP contribution in [-0.2, 0) is 23.2 Å². The van der Waals surface area contributed by atoms with E-state index in [1.54, 1.807) is 17.0 Å². The number of hydrogen-bond acceptors (Lipinski definition) is 5. The van der Waals surface area contributed by atoms with Crippen LogP contribution in [0.3, 0.4) is 0 Å². The zero-order valence-corrected chi connectivity index (χ0v) is 24.1. The second-order valence-electron chi connectivity index (χ2n) is 12.7. The van der Waals surface area contributed by atoms with Crippen molar-refractivity contribution in [2.24, 2.45) is 5.41 Å². The number of piperidine rings is 1. The Balaban J connectivity index is 0.00000323. The van der Waals surface area contributed by atoms with Crippen molar-refractivity contribution in [2.45, 2.75) is 70.1 Å². The van der Waals surface area contributed by atoms with Gasteiger partial charge in [-0.2, -0.15) is 0 Å². The molecule has 212 valence electrons. The monoisotopic (exact) mass is 563 g/mol. The van der Waals surface area contributed by atoms with Gasteiger partial charge in [-0.1, -0.05) is 38.1 Å². The lowest BCUT2D eigenvalue weighted by atomic mass is 9.61. The van der Waals surface area contributed by atoms with Crippen molar-refractivity contribution in [3.8, 4) is 0 Å². The van der Waals surface area contributed by atoms with Crippen molar-refractivity contribution in [2.75, 3.05) is 26.2 Å². The van der Waals surface area contributed by atoms with Crippen LogP contribution in [0, 0.1) is 5.41 Å². The quantitative estimate of drug-likeness (QED) is 0.554. The molecule has 4 aliphatic rings. The number of fused-ring (bicyclic) bond motifs is 2. The van der Waals surface area contributed by atoms with Crippen molar-refractivity contribution < 1.29 is 19.5 Å². The largest absolute Gasteiger partial charge is 0.390 e. The average molecular weight is 564 g/mol. The van der Waals surface area contributed by atoms with E-state index in [1.807, 2.05) is 29.0 Å². The fourth-order valence-electron chi connectivity index (χ4n) is 7.13. The number of β-amino-alcohol motifs (C(OH)–C–C–N with tert-alkyl or cyclic N) is 1. The van der Waals surface area contributed by atoms with E-state index in [-0.39, 0.29) is 47.6 Å². The first-order chi connectivity index (χ1) is 18.7. The molecule has 0 radical (unpaired) electrons. The lowest BCUT2D eigenvalue weighted by Crippen LogP contribution is -2.54. The minimum absolute atomic E-state index is 0. The van der Waals surface area contributed by atoms with Crippen molar-refractivity contribution in [1.82, 2.24) is 15.1 Å². The summed E-state index contributed by atoms with van der Waals surface area (Å²) >= 11 is 0. The van der Waals surface area contributed by atoms with Gasteiger partial charge < -0.3 is 20.2 Å². The summed E-state index contributed by atoms with van der Waals surface area (Å²) in [7, 11) is 0. The maximum absolute atomic E-state index is 13.5. The molecule has 2 aromatic carbocycles. The van der Waals surface area contributed by atoms with E-state index in [4.69, 9.17) is 0 Å². The van der Waals surface area contributed by atoms with Crippen LogP contribution in [-0.4, -0.2) is 71.0 Å². The minimum atomic E-state index is -0.684. The van der Waals surface area contributed by atoms with Gasteiger partial charge in [0, 0.05) is 60.9 Å². The SMILES string of the molecule is CC1(C)CN(C[C@@H](O)[C@@H]2Cc3ccccc3CN2)C(=O)c2ccc(C(=O)N3CCC4(CC3)CC(=C=O)C4)cc21.Cl. The summed E-state index contributed by atoms with van der Waals surface area (Å²) in [5.74, 6) is 1.95. The number of aliphatic hydroxyl groups is 1. The molecule has 7 nitrogen and oxygen atoms in total. The molecule has 0 aromatic heterocycles. The molecule has 2 amide bonds. The van der Waals surface area contributed by atoms with Crippen LogP contribution >= 0.6 is 12.4 Å². The first kappa shape index (κ1) is 28.6. The molecule has 1 spiro atoms. The van der Waals surface area contributed by atoms with Gasteiger partial charge in [-0.3, -0.25) is 9.59 Å². The molecule has 40 heavy (non-hydrogen) atoms. The van der Waals surface area contributed by atoms with Gasteiger partial charge in [-0.25, -0.2) is 4.79 Å². The van der Waals surface area contributed by atoms with Gasteiger partial charge in [-0.15, -0.1) is 12.4 Å². The molecule has 3 heterocycles. The second-order valence-corrected chi connectivity index (χ2v) is 12.7. The average Bonchev–Trinajstić information content (AvgIpc) is 2.93. The highest BCUT2D eigenvalue weighted by molar-refractivity contribution is 6.00. The molecular formula is C32H38ClN3O4. The highest BCUT2D eigenvalue weighted by Gasteiger charge is 2.44. The van der Waals surface area contributed by atoms with E-state index >= 15 is 0 Å². The lowest BCUT2D eigenvalue weighted by Gasteiger charge is -2.48. The maximum Gasteiger partial charge on any atom is 0.254 e. The Morgan fingerprint density at radius 2 is 1.82 bits per heavy atom. The van der Waals surface area contributed by atoms with Crippen LogP contribution in [0.25, 0.3) is 0 Å². The van der Waals surface area contributed by atoms with Crippen LogP contribution in [0.15, 0.2) is 48.0 Å². The van der Waals surface area contributed by atoms with Gasteiger partial charge in [0.2, 0.25) is 0 Å². The number of halogens is 1. The van der Waals surface area contributed by atoms with Crippen LogP contribution < -0.4 is 5.32 Å². The van der Waals surface area contributed by atoms with Gasteiger partial charge in [0.05, 0.1) is 6.10 Å². The Morgan fingerprint density at radius 1 is 1.12 bits per heavy atom. The zero-order valence-electron chi connectivity index (χ0n) is 23.2. The number of hydrogen-bond donors (Lipinski definition) is 2. The van der Waals surface area contributed by atoms with Crippen molar-refractivity contribution >= 4 is 30.2 Å². The van der Waals surface area contributed by atoms with Gasteiger partial charge in [0.25, 0.3) is 11.8 Å². The Labute approximate surface area is 242 Å². The van der Waals surface area contributed by atoms with Crippen LogP contribution in [0.5, 0.6) is 0 Å². The summed E-state index contributed by atoms with van der Waals surface area (Å²) in [6.45, 7) is 7.03. The Hall–Kier alpha value is -2.96. The molecule has 1 saturated heterocycles. The molecule has 0 unspecified atom stereocenters. The molecule has 0 bridgehead atoms. The Morgan fingerprint density at radius 3 is 2.52 bits per heavy atom. The zero-order chi connectivity index (χ0) is 27.4. The topological polar surface area (TPSA) is 89.9 Å². The molecule has 2 fully saturated rings. The second kappa shape index (κ2) is 10.8. The molecule has 2 atom stereocenters. The number of amides is 2. The van der Waals surface area contributed by atoms with E-state index < -0.39 is 6.10 Å².